The molecule has 0 unspecified atom stereocenters. The lowest BCUT2D eigenvalue weighted by atomic mass is 10.1. The van der Waals surface area contributed by atoms with E-state index in [-0.39, 0.29) is 28.5 Å². The minimum atomic E-state index is -4.07. The van der Waals surface area contributed by atoms with E-state index in [2.05, 4.69) is 0 Å². The van der Waals surface area contributed by atoms with Crippen LogP contribution in [-0.2, 0) is 30.9 Å². The summed E-state index contributed by atoms with van der Waals surface area (Å²) in [6, 6.07) is 22.2. The molecule has 3 aromatic carbocycles. The Bertz CT molecular complexity index is 1360. The van der Waals surface area contributed by atoms with Crippen molar-refractivity contribution in [1.82, 2.24) is 4.31 Å². The molecule has 0 N–H and O–H groups in total. The second-order valence-electron chi connectivity index (χ2n) is 7.80. The molecule has 0 fully saturated rings. The van der Waals surface area contributed by atoms with Gasteiger partial charge in [-0.05, 0) is 36.8 Å². The Morgan fingerprint density at radius 1 is 0.882 bits per heavy atom. The third-order valence-electron chi connectivity index (χ3n) is 5.26. The van der Waals surface area contributed by atoms with Crippen molar-refractivity contribution < 1.29 is 27.5 Å². The van der Waals surface area contributed by atoms with Gasteiger partial charge in [0.1, 0.15) is 11.4 Å². The fourth-order valence-electron chi connectivity index (χ4n) is 3.63. The van der Waals surface area contributed by atoms with Crippen LogP contribution in [0.5, 0.6) is 5.75 Å². The van der Waals surface area contributed by atoms with Crippen molar-refractivity contribution in [2.45, 2.75) is 25.3 Å². The molecule has 0 saturated carbocycles. The molecule has 4 rings (SSSR count). The molecule has 0 saturated heterocycles. The summed E-state index contributed by atoms with van der Waals surface area (Å²) in [6.07, 6.45) is 0. The molecule has 0 amide bonds. The fraction of sp³-hybridized carbons (Fsp3) is 0.154. The van der Waals surface area contributed by atoms with Gasteiger partial charge < -0.3 is 9.47 Å². The van der Waals surface area contributed by atoms with Gasteiger partial charge in [0, 0.05) is 12.5 Å². The standard InChI is InChI=1S/C26H23NO6S/c1-18-12-14-21(15-13-18)32-17-24(29)33-26-22-10-6-7-11-23(22)34(30,31)27(25(26)19(2)28)16-20-8-4-3-5-9-20/h3-15H,16-17H2,1-2H3. The van der Waals surface area contributed by atoms with Crippen LogP contribution in [0.4, 0.5) is 0 Å². The minimum Gasteiger partial charge on any atom is -0.482 e. The number of nitrogens with zero attached hydrogens (tertiary/aromatic N) is 1. The molecule has 0 atom stereocenters. The number of esters is 1. The third kappa shape index (κ3) is 4.72. The topological polar surface area (TPSA) is 90.0 Å². The van der Waals surface area contributed by atoms with E-state index in [0.717, 1.165) is 9.87 Å². The average molecular weight is 478 g/mol. The number of aryl methyl sites for hydroxylation is 1. The van der Waals surface area contributed by atoms with E-state index in [1.54, 1.807) is 48.5 Å². The Labute approximate surface area is 198 Å². The van der Waals surface area contributed by atoms with Crippen LogP contribution < -0.4 is 4.74 Å². The number of ketones is 1. The first-order valence-electron chi connectivity index (χ1n) is 10.6. The first-order chi connectivity index (χ1) is 16.3. The lowest BCUT2D eigenvalue weighted by Gasteiger charge is -2.32. The van der Waals surface area contributed by atoms with Crippen LogP contribution in [-0.4, -0.2) is 31.1 Å². The first kappa shape index (κ1) is 23.3. The van der Waals surface area contributed by atoms with Crippen LogP contribution in [0.1, 0.15) is 23.6 Å². The minimum absolute atomic E-state index is 0.0433. The van der Waals surface area contributed by atoms with Crippen molar-refractivity contribution in [3.8, 4) is 5.75 Å². The Morgan fingerprint density at radius 2 is 1.53 bits per heavy atom. The van der Waals surface area contributed by atoms with E-state index in [4.69, 9.17) is 9.47 Å². The van der Waals surface area contributed by atoms with E-state index >= 15 is 0 Å². The number of allylic oxidation sites excluding steroid dienone is 1. The van der Waals surface area contributed by atoms with Gasteiger partial charge >= 0.3 is 5.97 Å². The maximum Gasteiger partial charge on any atom is 0.349 e. The van der Waals surface area contributed by atoms with Crippen molar-refractivity contribution in [1.29, 1.82) is 0 Å². The molecule has 34 heavy (non-hydrogen) atoms. The number of carbonyl (C=O) groups is 2. The van der Waals surface area contributed by atoms with Crippen LogP contribution in [0.25, 0.3) is 5.76 Å². The summed E-state index contributed by atoms with van der Waals surface area (Å²) in [7, 11) is -4.07. The molecule has 0 radical (unpaired) electrons. The van der Waals surface area contributed by atoms with E-state index in [1.807, 2.05) is 25.1 Å². The van der Waals surface area contributed by atoms with Gasteiger partial charge in [-0.1, -0.05) is 60.2 Å². The zero-order valence-corrected chi connectivity index (χ0v) is 19.5. The summed E-state index contributed by atoms with van der Waals surface area (Å²) in [4.78, 5) is 25.4. The lowest BCUT2D eigenvalue weighted by Crippen LogP contribution is -2.38. The van der Waals surface area contributed by atoms with Gasteiger partial charge in [0.2, 0.25) is 0 Å². The highest BCUT2D eigenvalue weighted by Gasteiger charge is 2.40. The van der Waals surface area contributed by atoms with Gasteiger partial charge in [-0.15, -0.1) is 0 Å². The lowest BCUT2D eigenvalue weighted by molar-refractivity contribution is -0.139. The van der Waals surface area contributed by atoms with Gasteiger partial charge in [-0.3, -0.25) is 9.10 Å². The zero-order chi connectivity index (χ0) is 24.3. The molecule has 7 nitrogen and oxygen atoms in total. The largest absolute Gasteiger partial charge is 0.482 e. The Morgan fingerprint density at radius 3 is 2.21 bits per heavy atom. The van der Waals surface area contributed by atoms with Crippen molar-refractivity contribution in [2.75, 3.05) is 6.61 Å². The van der Waals surface area contributed by atoms with E-state index < -0.39 is 28.4 Å². The summed E-state index contributed by atoms with van der Waals surface area (Å²) in [5.41, 5.74) is 1.68. The van der Waals surface area contributed by atoms with Crippen molar-refractivity contribution in [3.05, 3.63) is 101 Å². The van der Waals surface area contributed by atoms with Crippen molar-refractivity contribution in [2.24, 2.45) is 0 Å². The van der Waals surface area contributed by atoms with Gasteiger partial charge in [0.15, 0.2) is 18.1 Å². The van der Waals surface area contributed by atoms with Gasteiger partial charge in [-0.25, -0.2) is 13.2 Å². The van der Waals surface area contributed by atoms with E-state index in [1.165, 1.54) is 19.1 Å². The highest BCUT2D eigenvalue weighted by Crippen LogP contribution is 2.38. The van der Waals surface area contributed by atoms with Gasteiger partial charge in [0.05, 0.1) is 11.4 Å². The zero-order valence-electron chi connectivity index (χ0n) is 18.7. The molecule has 1 aliphatic rings. The summed E-state index contributed by atoms with van der Waals surface area (Å²) in [6.45, 7) is 2.68. The Balaban J connectivity index is 1.71. The number of ether oxygens (including phenoxy) is 2. The van der Waals surface area contributed by atoms with Crippen LogP contribution in [0.2, 0.25) is 0 Å². The average Bonchev–Trinajstić information content (AvgIpc) is 2.82. The summed E-state index contributed by atoms with van der Waals surface area (Å²) in [5.74, 6) is -0.925. The highest BCUT2D eigenvalue weighted by molar-refractivity contribution is 7.89. The molecular weight excluding hydrogens is 454 g/mol. The van der Waals surface area contributed by atoms with Crippen LogP contribution in [0, 0.1) is 6.92 Å². The quantitative estimate of drug-likeness (QED) is 0.477. The smallest absolute Gasteiger partial charge is 0.349 e. The SMILES string of the molecule is CC(=O)C1=C(OC(=O)COc2ccc(C)cc2)c2ccccc2S(=O)(=O)N1Cc1ccccc1. The van der Waals surface area contributed by atoms with E-state index in [9.17, 15) is 18.0 Å². The fourth-order valence-corrected chi connectivity index (χ4v) is 5.33. The molecule has 174 valence electrons. The van der Waals surface area contributed by atoms with Gasteiger partial charge in [-0.2, -0.15) is 0 Å². The summed E-state index contributed by atoms with van der Waals surface area (Å²) < 4.78 is 39.0. The van der Waals surface area contributed by atoms with Crippen LogP contribution in [0.3, 0.4) is 0 Å². The Hall–Kier alpha value is -3.91. The molecule has 0 bridgehead atoms. The molecule has 0 aromatic heterocycles. The number of carbonyl (C=O) groups excluding carboxylic acids is 2. The number of fused-ring (bicyclic) bond motifs is 1. The second-order valence-corrected chi connectivity index (χ2v) is 9.63. The van der Waals surface area contributed by atoms with Crippen LogP contribution >= 0.6 is 0 Å². The number of sulfonamides is 1. The molecular formula is C26H23NO6S. The Kier molecular flexibility index (Phi) is 6.51. The van der Waals surface area contributed by atoms with Crippen LogP contribution in [0.15, 0.2) is 89.5 Å². The second kappa shape index (κ2) is 9.52. The number of hydrogen-bond donors (Lipinski definition) is 0. The molecule has 0 spiro atoms. The molecule has 1 aliphatic heterocycles. The molecule has 8 heteroatoms. The maximum atomic E-state index is 13.5. The van der Waals surface area contributed by atoms with Gasteiger partial charge in [0.25, 0.3) is 10.0 Å². The third-order valence-corrected chi connectivity index (χ3v) is 7.06. The molecule has 3 aromatic rings. The number of Topliss-reactive ketones (excluding diaryl/α,β-unsaturated/α-hetero) is 1. The number of rotatable bonds is 7. The van der Waals surface area contributed by atoms with Crippen molar-refractivity contribution >= 4 is 27.5 Å². The van der Waals surface area contributed by atoms with Crippen molar-refractivity contribution in [3.63, 3.8) is 0 Å². The maximum absolute atomic E-state index is 13.5. The summed E-state index contributed by atoms with van der Waals surface area (Å²) >= 11 is 0. The first-order valence-corrected chi connectivity index (χ1v) is 12.0. The van der Waals surface area contributed by atoms with E-state index in [0.29, 0.717) is 11.3 Å². The summed E-state index contributed by atoms with van der Waals surface area (Å²) in [5, 5.41) is 0. The number of benzene rings is 3. The molecule has 0 aliphatic carbocycles. The predicted molar refractivity (Wildman–Crippen MR) is 126 cm³/mol. The number of hydrogen-bond acceptors (Lipinski definition) is 6. The highest BCUT2D eigenvalue weighted by atomic mass is 32.2. The predicted octanol–water partition coefficient (Wildman–Crippen LogP) is 4.08. The molecule has 1 heterocycles. The normalized spacial score (nSPS) is 14.4. The monoisotopic (exact) mass is 477 g/mol.